The van der Waals surface area contributed by atoms with Crippen molar-refractivity contribution in [1.82, 2.24) is 5.32 Å². The Bertz CT molecular complexity index is 1330. The molecule has 184 valence electrons. The van der Waals surface area contributed by atoms with Crippen LogP contribution in [0, 0.1) is 6.92 Å². The van der Waals surface area contributed by atoms with Gasteiger partial charge in [-0.1, -0.05) is 54.2 Å². The molecule has 0 aliphatic carbocycles. The first-order valence-corrected chi connectivity index (χ1v) is 12.4. The number of carbonyl (C=O) groups excluding carboxylic acids is 1. The number of para-hydroxylation sites is 1. The molecule has 1 amide bonds. The van der Waals surface area contributed by atoms with Crippen LogP contribution in [-0.4, -0.2) is 29.3 Å². The predicted molar refractivity (Wildman–Crippen MR) is 144 cm³/mol. The van der Waals surface area contributed by atoms with Gasteiger partial charge in [0.2, 0.25) is 0 Å². The van der Waals surface area contributed by atoms with E-state index in [1.54, 1.807) is 31.4 Å². The van der Waals surface area contributed by atoms with Crippen LogP contribution in [0.2, 0.25) is 0 Å². The molecule has 1 aliphatic heterocycles. The lowest BCUT2D eigenvalue weighted by molar-refractivity contribution is -0.113. The van der Waals surface area contributed by atoms with E-state index in [1.807, 2.05) is 62.4 Å². The number of carboxylic acid groups (broad SMARTS) is 1. The molecule has 1 aliphatic rings. The largest absolute Gasteiger partial charge is 0.496 e. The van der Waals surface area contributed by atoms with Gasteiger partial charge in [-0.05, 0) is 60.9 Å². The van der Waals surface area contributed by atoms with Gasteiger partial charge in [0, 0.05) is 17.1 Å². The number of anilines is 1. The minimum absolute atomic E-state index is 0.229. The van der Waals surface area contributed by atoms with Gasteiger partial charge in [0.15, 0.2) is 5.17 Å². The van der Waals surface area contributed by atoms with E-state index in [-0.39, 0.29) is 11.5 Å². The average Bonchev–Trinajstić information content (AvgIpc) is 2.88. The molecule has 3 N–H and O–H groups in total. The van der Waals surface area contributed by atoms with Gasteiger partial charge < -0.3 is 20.5 Å². The molecular weight excluding hydrogens is 474 g/mol. The molecule has 7 nitrogen and oxygen atoms in total. The second kappa shape index (κ2) is 11.1. The molecule has 3 aromatic carbocycles. The van der Waals surface area contributed by atoms with E-state index in [0.29, 0.717) is 27.9 Å². The number of benzene rings is 3. The van der Waals surface area contributed by atoms with E-state index in [4.69, 9.17) is 14.8 Å². The Labute approximate surface area is 214 Å². The molecule has 36 heavy (non-hydrogen) atoms. The molecule has 1 heterocycles. The summed E-state index contributed by atoms with van der Waals surface area (Å²) in [7, 11) is 1.62. The fraction of sp³-hybridized carbons (Fsp3) is 0.179. The smallest absolute Gasteiger partial charge is 0.335 e. The Kier molecular flexibility index (Phi) is 7.75. The van der Waals surface area contributed by atoms with Crippen LogP contribution in [0.3, 0.4) is 0 Å². The maximum absolute atomic E-state index is 13.4. The third kappa shape index (κ3) is 5.78. The number of hydrogen-bond acceptors (Lipinski definition) is 6. The first-order valence-electron chi connectivity index (χ1n) is 11.4. The Hall–Kier alpha value is -4.04. The van der Waals surface area contributed by atoms with Gasteiger partial charge >= 0.3 is 5.97 Å². The number of nitrogens with zero attached hydrogens (tertiary/aromatic N) is 1. The van der Waals surface area contributed by atoms with Crippen molar-refractivity contribution in [2.24, 2.45) is 4.99 Å². The molecule has 0 fully saturated rings. The maximum Gasteiger partial charge on any atom is 0.335 e. The number of aromatic carboxylic acids is 1. The van der Waals surface area contributed by atoms with Crippen LogP contribution >= 0.6 is 11.8 Å². The van der Waals surface area contributed by atoms with Gasteiger partial charge in [0.05, 0.1) is 18.2 Å². The minimum Gasteiger partial charge on any atom is -0.496 e. The highest BCUT2D eigenvalue weighted by molar-refractivity contribution is 8.13. The number of amides is 1. The van der Waals surface area contributed by atoms with Gasteiger partial charge in [-0.3, -0.25) is 4.79 Å². The number of rotatable bonds is 7. The zero-order valence-electron chi connectivity index (χ0n) is 20.2. The summed E-state index contributed by atoms with van der Waals surface area (Å²) in [4.78, 5) is 29.4. The van der Waals surface area contributed by atoms with Crippen molar-refractivity contribution in [2.75, 3.05) is 12.4 Å². The van der Waals surface area contributed by atoms with E-state index >= 15 is 0 Å². The average molecular weight is 502 g/mol. The summed E-state index contributed by atoms with van der Waals surface area (Å²) in [6.45, 7) is 3.84. The third-order valence-electron chi connectivity index (χ3n) is 5.82. The molecule has 0 bridgehead atoms. The number of methoxy groups -OCH3 is 1. The molecule has 0 saturated carbocycles. The van der Waals surface area contributed by atoms with Crippen molar-refractivity contribution < 1.29 is 19.4 Å². The van der Waals surface area contributed by atoms with Crippen LogP contribution in [-0.2, 0) is 10.5 Å². The lowest BCUT2D eigenvalue weighted by Gasteiger charge is -2.27. The second-order valence-electron chi connectivity index (χ2n) is 8.34. The topological polar surface area (TPSA) is 100 Å². The second-order valence-corrected chi connectivity index (χ2v) is 9.30. The highest BCUT2D eigenvalue weighted by Gasteiger charge is 2.30. The van der Waals surface area contributed by atoms with Gasteiger partial charge in [0.1, 0.15) is 11.8 Å². The van der Waals surface area contributed by atoms with Crippen molar-refractivity contribution >= 4 is 34.5 Å². The highest BCUT2D eigenvalue weighted by atomic mass is 32.2. The monoisotopic (exact) mass is 501 g/mol. The number of allylic oxidation sites excluding steroid dienone is 1. The van der Waals surface area contributed by atoms with Crippen molar-refractivity contribution in [3.8, 4) is 5.75 Å². The van der Waals surface area contributed by atoms with Crippen LogP contribution in [0.1, 0.15) is 40.0 Å². The van der Waals surface area contributed by atoms with Gasteiger partial charge in [-0.15, -0.1) is 0 Å². The number of nitrogens with one attached hydrogen (secondary N) is 2. The summed E-state index contributed by atoms with van der Waals surface area (Å²) in [5, 5.41) is 16.0. The number of aliphatic imine (C=N–C) groups is 1. The molecule has 0 radical (unpaired) electrons. The minimum atomic E-state index is -0.953. The van der Waals surface area contributed by atoms with E-state index in [1.165, 1.54) is 11.8 Å². The van der Waals surface area contributed by atoms with Crippen molar-refractivity contribution in [3.63, 3.8) is 0 Å². The maximum atomic E-state index is 13.4. The van der Waals surface area contributed by atoms with Crippen molar-refractivity contribution in [1.29, 1.82) is 0 Å². The fourth-order valence-electron chi connectivity index (χ4n) is 3.88. The number of carboxylic acids is 1. The number of carbonyl (C=O) groups is 2. The molecule has 0 aromatic heterocycles. The molecule has 8 heteroatoms. The number of thioether (sulfide) groups is 1. The molecule has 0 saturated heterocycles. The Morgan fingerprint density at radius 3 is 2.44 bits per heavy atom. The van der Waals surface area contributed by atoms with Crippen LogP contribution in [0.4, 0.5) is 5.69 Å². The zero-order valence-corrected chi connectivity index (χ0v) is 21.1. The fourth-order valence-corrected chi connectivity index (χ4v) is 4.78. The number of hydrogen-bond donors (Lipinski definition) is 3. The van der Waals surface area contributed by atoms with Crippen molar-refractivity contribution in [2.45, 2.75) is 25.6 Å². The molecular formula is C28H27N3O4S. The first kappa shape index (κ1) is 25.1. The SMILES string of the molecule is COc1cc([C@@H]2N=C(SCc3ccc(C(=O)O)cc3)NC(C)=C2C(=O)Nc2ccccc2)ccc1C. The zero-order chi connectivity index (χ0) is 25.7. The van der Waals surface area contributed by atoms with Crippen LogP contribution in [0.5, 0.6) is 5.75 Å². The summed E-state index contributed by atoms with van der Waals surface area (Å²) in [5.74, 6) is 0.141. The van der Waals surface area contributed by atoms with Crippen LogP contribution in [0.15, 0.2) is 89.1 Å². The van der Waals surface area contributed by atoms with E-state index in [0.717, 1.165) is 22.4 Å². The van der Waals surface area contributed by atoms with Gasteiger partial charge in [0.25, 0.3) is 5.91 Å². The van der Waals surface area contributed by atoms with Gasteiger partial charge in [-0.25, -0.2) is 9.79 Å². The first-order chi connectivity index (χ1) is 17.4. The van der Waals surface area contributed by atoms with Gasteiger partial charge in [-0.2, -0.15) is 0 Å². The quantitative estimate of drug-likeness (QED) is 0.393. The number of ether oxygens (including phenoxy) is 1. The molecule has 3 aromatic rings. The predicted octanol–water partition coefficient (Wildman–Crippen LogP) is 5.55. The van der Waals surface area contributed by atoms with E-state index in [9.17, 15) is 9.59 Å². The normalized spacial score (nSPS) is 15.1. The van der Waals surface area contributed by atoms with E-state index in [2.05, 4.69) is 10.6 Å². The standard InChI is InChI=1S/C28H27N3O4S/c1-17-9-12-21(15-23(17)35-3)25-24(26(32)30-22-7-5-4-6-8-22)18(2)29-28(31-25)36-16-19-10-13-20(14-11-19)27(33)34/h4-15,25H,16H2,1-3H3,(H,29,31)(H,30,32)(H,33,34)/t25-/m0/s1. The summed E-state index contributed by atoms with van der Waals surface area (Å²) in [6.07, 6.45) is 0. The molecule has 4 rings (SSSR count). The molecule has 0 spiro atoms. The summed E-state index contributed by atoms with van der Waals surface area (Å²) < 4.78 is 5.53. The highest BCUT2D eigenvalue weighted by Crippen LogP contribution is 2.35. The lowest BCUT2D eigenvalue weighted by Crippen LogP contribution is -2.32. The van der Waals surface area contributed by atoms with E-state index < -0.39 is 12.0 Å². The summed E-state index contributed by atoms with van der Waals surface area (Å²) in [5.41, 5.74) is 5.01. The lowest BCUT2D eigenvalue weighted by atomic mass is 9.94. The Morgan fingerprint density at radius 2 is 1.78 bits per heavy atom. The third-order valence-corrected chi connectivity index (χ3v) is 6.78. The number of aryl methyl sites for hydroxylation is 1. The Morgan fingerprint density at radius 1 is 1.06 bits per heavy atom. The van der Waals surface area contributed by atoms with Crippen LogP contribution in [0.25, 0.3) is 0 Å². The number of amidine groups is 1. The summed E-state index contributed by atoms with van der Waals surface area (Å²) >= 11 is 1.49. The van der Waals surface area contributed by atoms with Crippen molar-refractivity contribution in [3.05, 3.63) is 106 Å². The Balaban J connectivity index is 1.62. The summed E-state index contributed by atoms with van der Waals surface area (Å²) in [6, 6.07) is 21.4. The molecule has 0 unspecified atom stereocenters. The molecule has 1 atom stereocenters. The van der Waals surface area contributed by atoms with Crippen LogP contribution < -0.4 is 15.4 Å².